The molecule has 0 saturated heterocycles. The Hall–Kier alpha value is -1.91. The first-order valence-electron chi connectivity index (χ1n) is 5.94. The number of fused-ring (bicyclic) bond motifs is 4. The lowest BCUT2D eigenvalue weighted by atomic mass is 10.1. The van der Waals surface area contributed by atoms with Crippen LogP contribution >= 0.6 is 11.8 Å². The average Bonchev–Trinajstić information content (AvgIpc) is 2.66. The summed E-state index contributed by atoms with van der Waals surface area (Å²) in [7, 11) is 0. The van der Waals surface area contributed by atoms with E-state index in [-0.39, 0.29) is 5.78 Å². The van der Waals surface area contributed by atoms with Gasteiger partial charge in [0.15, 0.2) is 0 Å². The zero-order chi connectivity index (χ0) is 13.0. The van der Waals surface area contributed by atoms with E-state index < -0.39 is 4.93 Å². The van der Waals surface area contributed by atoms with Crippen LogP contribution in [0.1, 0.15) is 15.9 Å². The fraction of sp³-hybridized carbons (Fsp3) is 0.0667. The number of thioether (sulfide) groups is 1. The standard InChI is InChI=1S/C15H9NO2S/c17-14-10-6-2-1-5-9(10)13-15(14,18)19-12-8-4-3-7-11(12)16-13/h1-8,18H/t15-/m0/s1. The molecule has 2 aliphatic rings. The lowest BCUT2D eigenvalue weighted by molar-refractivity contribution is 0.0810. The SMILES string of the molecule is O=C1c2ccccc2C2=Nc3ccccc3S[C@]12O. The molecule has 1 aliphatic carbocycles. The molecule has 2 aromatic rings. The van der Waals surface area contributed by atoms with Crippen molar-refractivity contribution in [2.24, 2.45) is 4.99 Å². The van der Waals surface area contributed by atoms with E-state index in [9.17, 15) is 9.90 Å². The highest BCUT2D eigenvalue weighted by atomic mass is 32.2. The van der Waals surface area contributed by atoms with Gasteiger partial charge in [0.25, 0.3) is 0 Å². The molecular formula is C15H9NO2S. The van der Waals surface area contributed by atoms with Gasteiger partial charge in [-0.3, -0.25) is 4.79 Å². The number of carbonyl (C=O) groups is 1. The molecular weight excluding hydrogens is 258 g/mol. The van der Waals surface area contributed by atoms with Crippen molar-refractivity contribution in [2.75, 3.05) is 0 Å². The quantitative estimate of drug-likeness (QED) is 0.798. The van der Waals surface area contributed by atoms with Crippen molar-refractivity contribution >= 4 is 28.9 Å². The topological polar surface area (TPSA) is 49.7 Å². The Morgan fingerprint density at radius 2 is 1.68 bits per heavy atom. The van der Waals surface area contributed by atoms with Gasteiger partial charge >= 0.3 is 0 Å². The van der Waals surface area contributed by atoms with E-state index in [1.807, 2.05) is 36.4 Å². The van der Waals surface area contributed by atoms with Crippen LogP contribution < -0.4 is 0 Å². The first-order valence-corrected chi connectivity index (χ1v) is 6.75. The predicted octanol–water partition coefficient (Wildman–Crippen LogP) is 2.80. The second kappa shape index (κ2) is 3.56. The fourth-order valence-electron chi connectivity index (χ4n) is 2.51. The van der Waals surface area contributed by atoms with Gasteiger partial charge in [0.1, 0.15) is 0 Å². The van der Waals surface area contributed by atoms with E-state index in [0.717, 1.165) is 16.1 Å². The number of aliphatic hydroxyl groups is 1. The number of benzene rings is 2. The van der Waals surface area contributed by atoms with Crippen molar-refractivity contribution in [1.82, 2.24) is 0 Å². The van der Waals surface area contributed by atoms with Crippen LogP contribution in [0.5, 0.6) is 0 Å². The second-order valence-corrected chi connectivity index (χ2v) is 5.78. The number of para-hydroxylation sites is 1. The zero-order valence-electron chi connectivity index (χ0n) is 9.83. The molecule has 3 nitrogen and oxygen atoms in total. The average molecular weight is 267 g/mol. The van der Waals surface area contributed by atoms with Gasteiger partial charge < -0.3 is 5.11 Å². The van der Waals surface area contributed by atoms with E-state index in [1.54, 1.807) is 12.1 Å². The van der Waals surface area contributed by atoms with Gasteiger partial charge in [0, 0.05) is 16.0 Å². The van der Waals surface area contributed by atoms with E-state index in [1.165, 1.54) is 11.8 Å². The third kappa shape index (κ3) is 1.33. The van der Waals surface area contributed by atoms with Crippen molar-refractivity contribution in [3.05, 3.63) is 59.7 Å². The molecule has 1 N–H and O–H groups in total. The number of hydrogen-bond donors (Lipinski definition) is 1. The van der Waals surface area contributed by atoms with Crippen molar-refractivity contribution in [2.45, 2.75) is 9.83 Å². The van der Waals surface area contributed by atoms with Crippen LogP contribution in [0.15, 0.2) is 58.4 Å². The smallest absolute Gasteiger partial charge is 0.222 e. The van der Waals surface area contributed by atoms with Gasteiger partial charge in [-0.25, -0.2) is 4.99 Å². The first-order chi connectivity index (χ1) is 9.20. The van der Waals surface area contributed by atoms with E-state index in [0.29, 0.717) is 11.3 Å². The highest BCUT2D eigenvalue weighted by Gasteiger charge is 2.52. The van der Waals surface area contributed by atoms with E-state index in [4.69, 9.17) is 0 Å². The van der Waals surface area contributed by atoms with Gasteiger partial charge in [0.2, 0.25) is 10.7 Å². The minimum absolute atomic E-state index is 0.277. The van der Waals surface area contributed by atoms with Crippen molar-refractivity contribution in [3.8, 4) is 0 Å². The largest absolute Gasteiger partial charge is 0.367 e. The normalized spacial score (nSPS) is 23.4. The maximum absolute atomic E-state index is 12.4. The minimum Gasteiger partial charge on any atom is -0.367 e. The van der Waals surface area contributed by atoms with Gasteiger partial charge in [-0.15, -0.1) is 0 Å². The number of rotatable bonds is 0. The van der Waals surface area contributed by atoms with Gasteiger partial charge in [0.05, 0.1) is 11.4 Å². The summed E-state index contributed by atoms with van der Waals surface area (Å²) in [5.41, 5.74) is 2.54. The molecule has 0 radical (unpaired) electrons. The van der Waals surface area contributed by atoms with Gasteiger partial charge in [-0.2, -0.15) is 0 Å². The number of aliphatic imine (C=N–C) groups is 1. The molecule has 0 amide bonds. The summed E-state index contributed by atoms with van der Waals surface area (Å²) in [6.45, 7) is 0. The number of carbonyl (C=O) groups excluding carboxylic acids is 1. The third-order valence-electron chi connectivity index (χ3n) is 3.41. The molecule has 4 rings (SSSR count). The summed E-state index contributed by atoms with van der Waals surface area (Å²) < 4.78 is 0. The zero-order valence-corrected chi connectivity index (χ0v) is 10.6. The second-order valence-electron chi connectivity index (χ2n) is 4.55. The Morgan fingerprint density at radius 3 is 2.53 bits per heavy atom. The van der Waals surface area contributed by atoms with E-state index >= 15 is 0 Å². The molecule has 4 heteroatoms. The molecule has 1 aliphatic heterocycles. The predicted molar refractivity (Wildman–Crippen MR) is 74.2 cm³/mol. The molecule has 0 bridgehead atoms. The number of ketones is 1. The fourth-order valence-corrected chi connectivity index (χ4v) is 3.64. The molecule has 19 heavy (non-hydrogen) atoms. The number of hydrogen-bond acceptors (Lipinski definition) is 4. The van der Waals surface area contributed by atoms with Crippen LogP contribution in [0, 0.1) is 0 Å². The summed E-state index contributed by atoms with van der Waals surface area (Å²) in [6, 6.07) is 14.8. The third-order valence-corrected chi connectivity index (χ3v) is 4.65. The lowest BCUT2D eigenvalue weighted by Gasteiger charge is -2.26. The molecule has 0 saturated carbocycles. The highest BCUT2D eigenvalue weighted by Crippen LogP contribution is 2.49. The minimum atomic E-state index is -1.57. The van der Waals surface area contributed by atoms with Crippen LogP contribution in [-0.2, 0) is 0 Å². The van der Waals surface area contributed by atoms with Gasteiger partial charge in [-0.05, 0) is 12.1 Å². The Morgan fingerprint density at radius 1 is 1.00 bits per heavy atom. The molecule has 0 fully saturated rings. The van der Waals surface area contributed by atoms with Crippen LogP contribution in [0.3, 0.4) is 0 Å². The van der Waals surface area contributed by atoms with Crippen molar-refractivity contribution in [1.29, 1.82) is 0 Å². The molecule has 1 atom stereocenters. The summed E-state index contributed by atoms with van der Waals surface area (Å²) in [6.07, 6.45) is 0. The summed E-state index contributed by atoms with van der Waals surface area (Å²) in [5, 5.41) is 10.7. The lowest BCUT2D eigenvalue weighted by Crippen LogP contribution is -2.38. The van der Waals surface area contributed by atoms with Crippen molar-refractivity contribution in [3.63, 3.8) is 0 Å². The number of Topliss-reactive ketones (excluding diaryl/α,β-unsaturated/α-hetero) is 1. The molecule has 0 unspecified atom stereocenters. The molecule has 0 spiro atoms. The Balaban J connectivity index is 2.03. The van der Waals surface area contributed by atoms with Crippen LogP contribution in [0.25, 0.3) is 0 Å². The molecule has 1 heterocycles. The first kappa shape index (κ1) is 11.0. The molecule has 2 aromatic carbocycles. The van der Waals surface area contributed by atoms with Crippen molar-refractivity contribution < 1.29 is 9.90 Å². The van der Waals surface area contributed by atoms with Gasteiger partial charge in [-0.1, -0.05) is 48.2 Å². The Bertz CT molecular complexity index is 753. The summed E-state index contributed by atoms with van der Waals surface area (Å²) >= 11 is 1.17. The van der Waals surface area contributed by atoms with E-state index in [2.05, 4.69) is 4.99 Å². The molecule has 92 valence electrons. The maximum atomic E-state index is 12.4. The monoisotopic (exact) mass is 267 g/mol. The van der Waals surface area contributed by atoms with Crippen LogP contribution in [0.2, 0.25) is 0 Å². The maximum Gasteiger partial charge on any atom is 0.222 e. The van der Waals surface area contributed by atoms with Crippen LogP contribution in [0.4, 0.5) is 5.69 Å². The summed E-state index contributed by atoms with van der Waals surface area (Å²) in [5.74, 6) is -0.277. The Kier molecular flexibility index (Phi) is 2.05. The molecule has 0 aromatic heterocycles. The summed E-state index contributed by atoms with van der Waals surface area (Å²) in [4.78, 5) is 16.2. The van der Waals surface area contributed by atoms with Crippen LogP contribution in [-0.4, -0.2) is 21.5 Å². The highest BCUT2D eigenvalue weighted by molar-refractivity contribution is 8.02. The number of nitrogens with zero attached hydrogens (tertiary/aromatic N) is 1. The Labute approximate surface area is 114 Å².